The number of hydrogen-bond acceptors (Lipinski definition) is 8. The number of aliphatic imine (C=N–C) groups is 2. The first-order valence-corrected chi connectivity index (χ1v) is 7.85. The van der Waals surface area contributed by atoms with Gasteiger partial charge in [0.1, 0.15) is 0 Å². The van der Waals surface area contributed by atoms with Gasteiger partial charge < -0.3 is 23.5 Å². The molecule has 0 N–H and O–H groups in total. The summed E-state index contributed by atoms with van der Waals surface area (Å²) in [6.45, 7) is 2.21. The minimum Gasteiger partial charge on any atom is -0.462 e. The molecule has 1 saturated heterocycles. The number of nitrogens with zero attached hydrogens (tertiary/aromatic N) is 3. The molecule has 142 valence electrons. The predicted octanol–water partition coefficient (Wildman–Crippen LogP) is 1.57. The van der Waals surface area contributed by atoms with E-state index in [4.69, 9.17) is 13.9 Å². The van der Waals surface area contributed by atoms with Gasteiger partial charge in [0.15, 0.2) is 5.76 Å². The number of amidine groups is 1. The van der Waals surface area contributed by atoms with Gasteiger partial charge in [0.2, 0.25) is 0 Å². The minimum absolute atomic E-state index is 0.0661. The Morgan fingerprint density at radius 3 is 2.65 bits per heavy atom. The van der Waals surface area contributed by atoms with E-state index >= 15 is 0 Å². The highest BCUT2D eigenvalue weighted by molar-refractivity contribution is 6.04. The largest absolute Gasteiger partial charge is 0.462 e. The predicted molar refractivity (Wildman–Crippen MR) is 81.6 cm³/mol. The number of halogens is 3. The Kier molecular flexibility index (Phi) is 4.90. The van der Waals surface area contributed by atoms with Gasteiger partial charge in [0.05, 0.1) is 26.1 Å². The summed E-state index contributed by atoms with van der Waals surface area (Å²) in [6.07, 6.45) is -3.89. The van der Waals surface area contributed by atoms with Crippen LogP contribution in [-0.2, 0) is 19.0 Å². The van der Waals surface area contributed by atoms with E-state index in [1.54, 1.807) is 0 Å². The average molecular weight is 375 g/mol. The third-order valence-corrected chi connectivity index (χ3v) is 3.68. The fourth-order valence-corrected chi connectivity index (χ4v) is 2.40. The number of carbonyl (C=O) groups excluding carboxylic acids is 1. The first kappa shape index (κ1) is 18.2. The van der Waals surface area contributed by atoms with Gasteiger partial charge in [-0.05, 0) is 19.1 Å². The van der Waals surface area contributed by atoms with Crippen LogP contribution < -0.4 is 0 Å². The highest BCUT2D eigenvalue weighted by Gasteiger charge is 2.65. The number of alkyl halides is 3. The van der Waals surface area contributed by atoms with Crippen molar-refractivity contribution in [2.45, 2.75) is 18.8 Å². The maximum atomic E-state index is 13.9. The van der Waals surface area contributed by atoms with Gasteiger partial charge >= 0.3 is 17.8 Å². The number of ether oxygens (including phenoxy) is 3. The summed E-state index contributed by atoms with van der Waals surface area (Å²) in [5.41, 5.74) is -3.46. The van der Waals surface area contributed by atoms with Crippen molar-refractivity contribution in [1.82, 2.24) is 4.90 Å². The van der Waals surface area contributed by atoms with E-state index in [1.165, 1.54) is 30.2 Å². The number of morpholine rings is 1. The molecule has 0 radical (unpaired) electrons. The van der Waals surface area contributed by atoms with Gasteiger partial charge in [0.25, 0.3) is 11.9 Å². The first-order chi connectivity index (χ1) is 12.4. The number of furan rings is 1. The molecule has 0 bridgehead atoms. The lowest BCUT2D eigenvalue weighted by molar-refractivity contribution is -0.204. The smallest absolute Gasteiger partial charge is 0.446 e. The summed E-state index contributed by atoms with van der Waals surface area (Å²) in [4.78, 5) is 20.6. The van der Waals surface area contributed by atoms with Gasteiger partial charge in [-0.2, -0.15) is 23.2 Å². The van der Waals surface area contributed by atoms with E-state index in [0.29, 0.717) is 0 Å². The Morgan fingerprint density at radius 2 is 2.08 bits per heavy atom. The summed E-state index contributed by atoms with van der Waals surface area (Å²) in [5.74, 6) is -2.20. The SMILES string of the molecule is CCOC(=O)[C@@]1(C(F)(F)F)N=C(c2ccco2)OC(N2CCOCC2)=N1. The molecule has 3 heterocycles. The van der Waals surface area contributed by atoms with Crippen LogP contribution >= 0.6 is 0 Å². The Bertz CT molecular complexity index is 711. The zero-order valence-electron chi connectivity index (χ0n) is 13.8. The molecule has 3 rings (SSSR count). The van der Waals surface area contributed by atoms with E-state index in [0.717, 1.165) is 0 Å². The summed E-state index contributed by atoms with van der Waals surface area (Å²) in [7, 11) is 0. The van der Waals surface area contributed by atoms with Gasteiger partial charge in [-0.25, -0.2) is 4.79 Å². The van der Waals surface area contributed by atoms with Gasteiger partial charge in [-0.15, -0.1) is 0 Å². The quantitative estimate of drug-likeness (QED) is 0.746. The molecule has 8 nitrogen and oxygen atoms in total. The Balaban J connectivity index is 2.10. The van der Waals surface area contributed by atoms with E-state index in [9.17, 15) is 18.0 Å². The molecule has 1 aromatic rings. The summed E-state index contributed by atoms with van der Waals surface area (Å²) in [5, 5.41) is 0. The topological polar surface area (TPSA) is 85.9 Å². The van der Waals surface area contributed by atoms with Crippen LogP contribution in [0.25, 0.3) is 0 Å². The van der Waals surface area contributed by atoms with E-state index in [2.05, 4.69) is 14.7 Å². The first-order valence-electron chi connectivity index (χ1n) is 7.85. The van der Waals surface area contributed by atoms with Crippen LogP contribution in [0.1, 0.15) is 12.7 Å². The highest BCUT2D eigenvalue weighted by Crippen LogP contribution is 2.39. The van der Waals surface area contributed by atoms with Crippen LogP contribution in [0.3, 0.4) is 0 Å². The van der Waals surface area contributed by atoms with Crippen molar-refractivity contribution in [2.24, 2.45) is 9.98 Å². The average Bonchev–Trinajstić information content (AvgIpc) is 3.16. The zero-order chi connectivity index (χ0) is 18.8. The molecule has 0 aromatic carbocycles. The van der Waals surface area contributed by atoms with Crippen molar-refractivity contribution in [3.8, 4) is 0 Å². The molecular weight excluding hydrogens is 359 g/mol. The maximum absolute atomic E-state index is 13.9. The number of carbonyl (C=O) groups is 1. The lowest BCUT2D eigenvalue weighted by Crippen LogP contribution is -2.56. The lowest BCUT2D eigenvalue weighted by Gasteiger charge is -2.35. The number of esters is 1. The molecule has 11 heteroatoms. The minimum atomic E-state index is -5.14. The summed E-state index contributed by atoms with van der Waals surface area (Å²) < 4.78 is 61.9. The molecule has 2 aliphatic rings. The third kappa shape index (κ3) is 3.26. The second kappa shape index (κ2) is 6.98. The molecule has 2 aliphatic heterocycles. The molecular formula is C15H16F3N3O5. The van der Waals surface area contributed by atoms with Crippen LogP contribution in [0, 0.1) is 0 Å². The Morgan fingerprint density at radius 1 is 1.35 bits per heavy atom. The van der Waals surface area contributed by atoms with Crippen LogP contribution in [0.4, 0.5) is 13.2 Å². The fraction of sp³-hybridized carbons (Fsp3) is 0.533. The highest BCUT2D eigenvalue weighted by atomic mass is 19.4. The van der Waals surface area contributed by atoms with E-state index < -0.39 is 23.7 Å². The third-order valence-electron chi connectivity index (χ3n) is 3.68. The zero-order valence-corrected chi connectivity index (χ0v) is 13.8. The van der Waals surface area contributed by atoms with E-state index in [-0.39, 0.29) is 44.7 Å². The second-order valence-corrected chi connectivity index (χ2v) is 5.38. The van der Waals surface area contributed by atoms with Crippen LogP contribution in [0.15, 0.2) is 32.8 Å². The number of hydrogen-bond donors (Lipinski definition) is 0. The second-order valence-electron chi connectivity index (χ2n) is 5.38. The molecule has 1 fully saturated rings. The summed E-state index contributed by atoms with van der Waals surface area (Å²) in [6, 6.07) is 2.44. The van der Waals surface area contributed by atoms with Crippen molar-refractivity contribution in [1.29, 1.82) is 0 Å². The summed E-state index contributed by atoms with van der Waals surface area (Å²) >= 11 is 0. The fourth-order valence-electron chi connectivity index (χ4n) is 2.40. The number of rotatable bonds is 3. The molecule has 0 spiro atoms. The molecule has 0 amide bonds. The molecule has 1 aromatic heterocycles. The van der Waals surface area contributed by atoms with Crippen LogP contribution in [0.2, 0.25) is 0 Å². The van der Waals surface area contributed by atoms with Crippen LogP contribution in [0.5, 0.6) is 0 Å². The monoisotopic (exact) mass is 375 g/mol. The van der Waals surface area contributed by atoms with Crippen molar-refractivity contribution in [3.05, 3.63) is 24.2 Å². The van der Waals surface area contributed by atoms with Gasteiger partial charge in [-0.3, -0.25) is 0 Å². The van der Waals surface area contributed by atoms with E-state index in [1.807, 2.05) is 0 Å². The molecule has 26 heavy (non-hydrogen) atoms. The van der Waals surface area contributed by atoms with Crippen molar-refractivity contribution in [3.63, 3.8) is 0 Å². The Hall–Kier alpha value is -2.56. The molecule has 0 unspecified atom stereocenters. The van der Waals surface area contributed by atoms with Crippen molar-refractivity contribution < 1.29 is 36.6 Å². The Labute approximate surface area is 146 Å². The molecule has 1 atom stereocenters. The maximum Gasteiger partial charge on any atom is 0.446 e. The van der Waals surface area contributed by atoms with Gasteiger partial charge in [0, 0.05) is 13.1 Å². The lowest BCUT2D eigenvalue weighted by atomic mass is 10.1. The van der Waals surface area contributed by atoms with Gasteiger partial charge in [-0.1, -0.05) is 0 Å². The normalized spacial score (nSPS) is 23.8. The molecule has 0 saturated carbocycles. The molecule has 0 aliphatic carbocycles. The standard InChI is InChI=1S/C15H16F3N3O5/c1-2-24-12(22)14(15(16,17)18)19-11(10-4-3-7-25-10)26-13(20-14)21-5-8-23-9-6-21/h3-4,7H,2,5-6,8-9H2,1H3/t14-/m1/s1. The van der Waals surface area contributed by atoms with Crippen molar-refractivity contribution in [2.75, 3.05) is 32.9 Å². The van der Waals surface area contributed by atoms with Crippen LogP contribution in [-0.4, -0.2) is 67.5 Å². The van der Waals surface area contributed by atoms with Crippen molar-refractivity contribution >= 4 is 17.9 Å².